The molecule has 0 saturated heterocycles. The van der Waals surface area contributed by atoms with Crippen molar-refractivity contribution in [1.82, 2.24) is 10.0 Å². The maximum absolute atomic E-state index is 12.1. The van der Waals surface area contributed by atoms with E-state index >= 15 is 0 Å². The maximum Gasteiger partial charge on any atom is 0.240 e. The van der Waals surface area contributed by atoms with E-state index in [1.165, 1.54) is 0 Å². The second-order valence-electron chi connectivity index (χ2n) is 5.16. The first-order valence-electron chi connectivity index (χ1n) is 6.85. The van der Waals surface area contributed by atoms with Crippen LogP contribution in [0.1, 0.15) is 37.3 Å². The van der Waals surface area contributed by atoms with Gasteiger partial charge >= 0.3 is 0 Å². The Balaban J connectivity index is 2.14. The summed E-state index contributed by atoms with van der Waals surface area (Å²) in [6.45, 7) is 5.77. The van der Waals surface area contributed by atoms with Gasteiger partial charge in [-0.15, -0.1) is 0 Å². The van der Waals surface area contributed by atoms with E-state index in [0.29, 0.717) is 11.4 Å². The van der Waals surface area contributed by atoms with E-state index in [2.05, 4.69) is 17.0 Å². The highest BCUT2D eigenvalue weighted by Crippen LogP contribution is 2.23. The molecule has 1 aliphatic rings. The Morgan fingerprint density at radius 2 is 2.05 bits per heavy atom. The van der Waals surface area contributed by atoms with Crippen molar-refractivity contribution in [3.05, 3.63) is 29.3 Å². The molecule has 0 aliphatic heterocycles. The van der Waals surface area contributed by atoms with E-state index in [4.69, 9.17) is 0 Å². The minimum absolute atomic E-state index is 0.146. The number of benzene rings is 1. The van der Waals surface area contributed by atoms with Crippen molar-refractivity contribution in [2.45, 2.75) is 50.6 Å². The van der Waals surface area contributed by atoms with E-state index in [1.54, 1.807) is 12.1 Å². The van der Waals surface area contributed by atoms with E-state index in [-0.39, 0.29) is 6.04 Å². The van der Waals surface area contributed by atoms with E-state index in [1.807, 2.05) is 13.0 Å². The molecule has 1 aromatic carbocycles. The Hall–Kier alpha value is -0.910. The van der Waals surface area contributed by atoms with Gasteiger partial charge in [0.1, 0.15) is 0 Å². The molecule has 0 bridgehead atoms. The zero-order valence-corrected chi connectivity index (χ0v) is 12.4. The SMILES string of the molecule is CCCNCc1cc(S(=O)(=O)NC2CC2)ccc1C. The normalized spacial score (nSPS) is 15.7. The standard InChI is InChI=1S/C14H22N2O2S/c1-3-8-15-10-12-9-14(7-4-11(12)2)19(17,18)16-13-5-6-13/h4,7,9,13,15-16H,3,5-6,8,10H2,1-2H3. The molecule has 19 heavy (non-hydrogen) atoms. The van der Waals surface area contributed by atoms with Crippen LogP contribution in [0.3, 0.4) is 0 Å². The van der Waals surface area contributed by atoms with Crippen molar-refractivity contribution in [2.24, 2.45) is 0 Å². The lowest BCUT2D eigenvalue weighted by atomic mass is 10.1. The average molecular weight is 282 g/mol. The number of rotatable bonds is 7. The summed E-state index contributed by atoms with van der Waals surface area (Å²) in [5, 5.41) is 3.31. The van der Waals surface area contributed by atoms with Crippen molar-refractivity contribution < 1.29 is 8.42 Å². The van der Waals surface area contributed by atoms with Crippen LogP contribution in [0.5, 0.6) is 0 Å². The number of hydrogen-bond donors (Lipinski definition) is 2. The molecule has 0 aromatic heterocycles. The van der Waals surface area contributed by atoms with Crippen LogP contribution >= 0.6 is 0 Å². The number of aryl methyl sites for hydroxylation is 1. The summed E-state index contributed by atoms with van der Waals surface area (Å²) in [7, 11) is -3.34. The molecule has 0 amide bonds. The Labute approximate surface area is 115 Å². The van der Waals surface area contributed by atoms with Gasteiger partial charge in [0, 0.05) is 12.6 Å². The van der Waals surface area contributed by atoms with Crippen LogP contribution in [-0.4, -0.2) is 21.0 Å². The van der Waals surface area contributed by atoms with Crippen LogP contribution < -0.4 is 10.0 Å². The summed E-state index contributed by atoms with van der Waals surface area (Å²) < 4.78 is 27.0. The predicted molar refractivity (Wildman–Crippen MR) is 76.5 cm³/mol. The molecule has 2 rings (SSSR count). The van der Waals surface area contributed by atoms with E-state index < -0.39 is 10.0 Å². The van der Waals surface area contributed by atoms with Crippen LogP contribution in [0.2, 0.25) is 0 Å². The third-order valence-electron chi connectivity index (χ3n) is 3.27. The zero-order chi connectivity index (χ0) is 13.9. The Morgan fingerprint density at radius 1 is 1.32 bits per heavy atom. The number of sulfonamides is 1. The quantitative estimate of drug-likeness (QED) is 0.751. The summed E-state index contributed by atoms with van der Waals surface area (Å²) in [5.74, 6) is 0. The first-order chi connectivity index (χ1) is 9.03. The van der Waals surface area contributed by atoms with Gasteiger partial charge in [-0.25, -0.2) is 13.1 Å². The molecule has 5 heteroatoms. The van der Waals surface area contributed by atoms with Crippen LogP contribution in [0.15, 0.2) is 23.1 Å². The summed E-state index contributed by atoms with van der Waals surface area (Å²) in [4.78, 5) is 0.373. The average Bonchev–Trinajstić information content (AvgIpc) is 3.14. The van der Waals surface area contributed by atoms with Gasteiger partial charge in [-0.3, -0.25) is 0 Å². The molecule has 1 saturated carbocycles. The minimum atomic E-state index is -3.34. The van der Waals surface area contributed by atoms with Crippen molar-refractivity contribution in [3.63, 3.8) is 0 Å². The minimum Gasteiger partial charge on any atom is -0.313 e. The van der Waals surface area contributed by atoms with Gasteiger partial charge in [0.2, 0.25) is 10.0 Å². The molecule has 1 aliphatic carbocycles. The fourth-order valence-electron chi connectivity index (χ4n) is 1.89. The Kier molecular flexibility index (Phi) is 4.60. The van der Waals surface area contributed by atoms with Gasteiger partial charge in [0.15, 0.2) is 0 Å². The monoisotopic (exact) mass is 282 g/mol. The molecule has 0 radical (unpaired) electrons. The fourth-order valence-corrected chi connectivity index (χ4v) is 3.25. The van der Waals surface area contributed by atoms with Gasteiger partial charge in [-0.05, 0) is 56.0 Å². The second kappa shape index (κ2) is 6.03. The smallest absolute Gasteiger partial charge is 0.240 e. The topological polar surface area (TPSA) is 58.2 Å². The molecule has 2 N–H and O–H groups in total. The number of hydrogen-bond acceptors (Lipinski definition) is 3. The second-order valence-corrected chi connectivity index (χ2v) is 6.87. The highest BCUT2D eigenvalue weighted by atomic mass is 32.2. The lowest BCUT2D eigenvalue weighted by molar-refractivity contribution is 0.580. The third kappa shape index (κ3) is 4.03. The molecule has 0 spiro atoms. The van der Waals surface area contributed by atoms with Gasteiger partial charge in [-0.1, -0.05) is 13.0 Å². The molecule has 106 valence electrons. The summed E-state index contributed by atoms with van der Waals surface area (Å²) in [6.07, 6.45) is 2.98. The van der Waals surface area contributed by atoms with Gasteiger partial charge < -0.3 is 5.32 Å². The molecular formula is C14H22N2O2S. The van der Waals surface area contributed by atoms with Crippen molar-refractivity contribution in [2.75, 3.05) is 6.54 Å². The van der Waals surface area contributed by atoms with Gasteiger partial charge in [0.25, 0.3) is 0 Å². The number of nitrogens with one attached hydrogen (secondary N) is 2. The highest BCUT2D eigenvalue weighted by molar-refractivity contribution is 7.89. The molecule has 0 heterocycles. The molecule has 1 fully saturated rings. The summed E-state index contributed by atoms with van der Waals surface area (Å²) >= 11 is 0. The highest BCUT2D eigenvalue weighted by Gasteiger charge is 2.28. The van der Waals surface area contributed by atoms with Gasteiger partial charge in [-0.2, -0.15) is 0 Å². The molecule has 0 unspecified atom stereocenters. The van der Waals surface area contributed by atoms with Crippen LogP contribution in [0, 0.1) is 6.92 Å². The molecular weight excluding hydrogens is 260 g/mol. The van der Waals surface area contributed by atoms with Crippen molar-refractivity contribution >= 4 is 10.0 Å². The first kappa shape index (κ1) is 14.5. The summed E-state index contributed by atoms with van der Waals surface area (Å²) in [5.41, 5.74) is 2.17. The van der Waals surface area contributed by atoms with Crippen molar-refractivity contribution in [1.29, 1.82) is 0 Å². The third-order valence-corrected chi connectivity index (χ3v) is 4.79. The predicted octanol–water partition coefficient (Wildman–Crippen LogP) is 1.94. The molecule has 0 atom stereocenters. The molecule has 1 aromatic rings. The van der Waals surface area contributed by atoms with Gasteiger partial charge in [0.05, 0.1) is 4.90 Å². The zero-order valence-electron chi connectivity index (χ0n) is 11.6. The van der Waals surface area contributed by atoms with E-state index in [0.717, 1.165) is 36.9 Å². The Morgan fingerprint density at radius 3 is 2.68 bits per heavy atom. The van der Waals surface area contributed by atoms with Crippen LogP contribution in [0.4, 0.5) is 0 Å². The van der Waals surface area contributed by atoms with E-state index in [9.17, 15) is 8.42 Å². The lowest BCUT2D eigenvalue weighted by Crippen LogP contribution is -2.26. The van der Waals surface area contributed by atoms with Crippen LogP contribution in [0.25, 0.3) is 0 Å². The maximum atomic E-state index is 12.1. The van der Waals surface area contributed by atoms with Crippen molar-refractivity contribution in [3.8, 4) is 0 Å². The largest absolute Gasteiger partial charge is 0.313 e. The fraction of sp³-hybridized carbons (Fsp3) is 0.571. The first-order valence-corrected chi connectivity index (χ1v) is 8.34. The molecule has 4 nitrogen and oxygen atoms in total. The Bertz CT molecular complexity index is 536. The summed E-state index contributed by atoms with van der Waals surface area (Å²) in [6, 6.07) is 5.49. The lowest BCUT2D eigenvalue weighted by Gasteiger charge is -2.11. The van der Waals surface area contributed by atoms with Crippen LogP contribution in [-0.2, 0) is 16.6 Å².